The molecule has 2 atom stereocenters. The van der Waals surface area contributed by atoms with E-state index in [9.17, 15) is 27.9 Å². The maximum Gasteiger partial charge on any atom is 0.416 e. The van der Waals surface area contributed by atoms with Crippen molar-refractivity contribution in [1.29, 1.82) is 0 Å². The highest BCUT2D eigenvalue weighted by molar-refractivity contribution is 6.74. The monoisotopic (exact) mass is 477 g/mol. The van der Waals surface area contributed by atoms with E-state index in [1.54, 1.807) is 20.8 Å². The van der Waals surface area contributed by atoms with Crippen LogP contribution in [0.5, 0.6) is 0 Å². The number of benzene rings is 1. The van der Waals surface area contributed by atoms with Crippen molar-refractivity contribution in [1.82, 2.24) is 5.32 Å². The lowest BCUT2D eigenvalue weighted by Crippen LogP contribution is -2.49. The van der Waals surface area contributed by atoms with Crippen molar-refractivity contribution in [3.05, 3.63) is 35.4 Å². The third-order valence-corrected chi connectivity index (χ3v) is 9.94. The van der Waals surface area contributed by atoms with Gasteiger partial charge in [-0.3, -0.25) is 0 Å². The smallest absolute Gasteiger partial charge is 0.416 e. The van der Waals surface area contributed by atoms with Gasteiger partial charge >= 0.3 is 18.2 Å². The Morgan fingerprint density at radius 3 is 1.91 bits per heavy atom. The molecule has 2 N–H and O–H groups in total. The molecule has 182 valence electrons. The van der Waals surface area contributed by atoms with Crippen molar-refractivity contribution >= 4 is 20.4 Å². The SMILES string of the molecule is CC(C)(C)OC(=O)N[C@H](C(=O)O)[C@@H](CO[Si](C)(C)C(C)(C)C)c1ccc(C(F)(F)F)cc1. The molecule has 0 spiro atoms. The summed E-state index contributed by atoms with van der Waals surface area (Å²) < 4.78 is 50.3. The average Bonchev–Trinajstić information content (AvgIpc) is 2.57. The highest BCUT2D eigenvalue weighted by Gasteiger charge is 2.40. The summed E-state index contributed by atoms with van der Waals surface area (Å²) in [6, 6.07) is 2.75. The van der Waals surface area contributed by atoms with Gasteiger partial charge in [0.15, 0.2) is 8.32 Å². The number of alkyl halides is 3. The summed E-state index contributed by atoms with van der Waals surface area (Å²) in [7, 11) is -2.32. The number of carbonyl (C=O) groups is 2. The quantitative estimate of drug-likeness (QED) is 0.486. The van der Waals surface area contributed by atoms with Gasteiger partial charge in [0.2, 0.25) is 0 Å². The van der Waals surface area contributed by atoms with Crippen molar-refractivity contribution in [2.24, 2.45) is 0 Å². The molecular formula is C22H34F3NO5Si. The molecule has 0 bridgehead atoms. The van der Waals surface area contributed by atoms with Gasteiger partial charge in [0.25, 0.3) is 0 Å². The van der Waals surface area contributed by atoms with Crippen LogP contribution in [0.25, 0.3) is 0 Å². The lowest BCUT2D eigenvalue weighted by Gasteiger charge is -2.38. The van der Waals surface area contributed by atoms with Crippen molar-refractivity contribution < 1.29 is 37.0 Å². The normalized spacial score (nSPS) is 15.1. The first kappa shape index (κ1) is 28.0. The number of carboxylic acid groups (broad SMARTS) is 1. The first-order valence-electron chi connectivity index (χ1n) is 10.3. The van der Waals surface area contributed by atoms with E-state index in [1.165, 1.54) is 12.1 Å². The largest absolute Gasteiger partial charge is 0.480 e. The van der Waals surface area contributed by atoms with Crippen LogP contribution in [0.2, 0.25) is 18.1 Å². The fraction of sp³-hybridized carbons (Fsp3) is 0.636. The number of ether oxygens (including phenoxy) is 1. The lowest BCUT2D eigenvalue weighted by molar-refractivity contribution is -0.140. The van der Waals surface area contributed by atoms with Crippen LogP contribution in [0.4, 0.5) is 18.0 Å². The number of aliphatic carboxylic acids is 1. The third-order valence-electron chi connectivity index (χ3n) is 5.44. The molecule has 1 amide bonds. The Hall–Kier alpha value is -2.07. The number of alkyl carbamates (subject to hydrolysis) is 1. The number of carbonyl (C=O) groups excluding carboxylic acids is 1. The number of amides is 1. The molecule has 0 radical (unpaired) electrons. The molecule has 0 aromatic heterocycles. The van der Waals surface area contributed by atoms with Crippen LogP contribution in [-0.4, -0.2) is 43.7 Å². The van der Waals surface area contributed by atoms with E-state index in [0.29, 0.717) is 5.56 Å². The first-order valence-corrected chi connectivity index (χ1v) is 13.2. The van der Waals surface area contributed by atoms with E-state index in [2.05, 4.69) is 5.32 Å². The molecule has 1 aromatic carbocycles. The molecule has 1 aromatic rings. The predicted octanol–water partition coefficient (Wildman–Crippen LogP) is 5.79. The van der Waals surface area contributed by atoms with Crippen LogP contribution >= 0.6 is 0 Å². The molecule has 10 heteroatoms. The molecule has 0 fully saturated rings. The zero-order valence-corrected chi connectivity index (χ0v) is 20.9. The Kier molecular flexibility index (Phi) is 8.58. The number of hydrogen-bond donors (Lipinski definition) is 2. The van der Waals surface area contributed by atoms with Gasteiger partial charge in [-0.1, -0.05) is 32.9 Å². The topological polar surface area (TPSA) is 84.9 Å². The Bertz CT molecular complexity index is 796. The second-order valence-electron chi connectivity index (χ2n) is 10.3. The molecule has 0 saturated carbocycles. The van der Waals surface area contributed by atoms with Crippen molar-refractivity contribution in [2.45, 2.75) is 83.4 Å². The van der Waals surface area contributed by atoms with Gasteiger partial charge in [-0.2, -0.15) is 13.2 Å². The molecule has 6 nitrogen and oxygen atoms in total. The van der Waals surface area contributed by atoms with Gasteiger partial charge < -0.3 is 19.6 Å². The molecular weight excluding hydrogens is 443 g/mol. The Balaban J connectivity index is 3.32. The minimum atomic E-state index is -4.52. The van der Waals surface area contributed by atoms with E-state index in [1.807, 2.05) is 33.9 Å². The van der Waals surface area contributed by atoms with Crippen LogP contribution in [0, 0.1) is 0 Å². The summed E-state index contributed by atoms with van der Waals surface area (Å²) in [5.41, 5.74) is -1.40. The Morgan fingerprint density at radius 2 is 1.53 bits per heavy atom. The number of hydrogen-bond acceptors (Lipinski definition) is 4. The van der Waals surface area contributed by atoms with Crippen LogP contribution in [-0.2, 0) is 20.1 Å². The third kappa shape index (κ3) is 8.12. The molecule has 0 unspecified atom stereocenters. The maximum absolute atomic E-state index is 13.0. The van der Waals surface area contributed by atoms with Crippen molar-refractivity contribution in [3.63, 3.8) is 0 Å². The van der Waals surface area contributed by atoms with Crippen LogP contribution in [0.15, 0.2) is 24.3 Å². The molecule has 0 aliphatic rings. The highest BCUT2D eigenvalue weighted by atomic mass is 28.4. The molecule has 0 aliphatic carbocycles. The minimum absolute atomic E-state index is 0.0887. The number of rotatable bonds is 7. The molecule has 32 heavy (non-hydrogen) atoms. The lowest BCUT2D eigenvalue weighted by atomic mass is 9.91. The zero-order valence-electron chi connectivity index (χ0n) is 19.9. The van der Waals surface area contributed by atoms with Crippen LogP contribution in [0.3, 0.4) is 0 Å². The molecule has 1 rings (SSSR count). The Labute approximate surface area is 188 Å². The van der Waals surface area contributed by atoms with E-state index >= 15 is 0 Å². The second kappa shape index (κ2) is 9.82. The van der Waals surface area contributed by atoms with Crippen molar-refractivity contribution in [2.75, 3.05) is 6.61 Å². The van der Waals surface area contributed by atoms with Crippen LogP contribution < -0.4 is 5.32 Å². The summed E-state index contributed by atoms with van der Waals surface area (Å²) in [4.78, 5) is 24.3. The van der Waals surface area contributed by atoms with E-state index in [4.69, 9.17) is 9.16 Å². The standard InChI is InChI=1S/C22H34F3NO5Si/c1-20(2,3)31-19(29)26-17(18(27)28)16(13-30-32(7,8)21(4,5)6)14-9-11-15(12-10-14)22(23,24)25/h9-12,16-17H,13H2,1-8H3,(H,26,29)(H,27,28)/t16-,17-/m0/s1. The summed E-state index contributed by atoms with van der Waals surface area (Å²) in [5.74, 6) is -2.28. The summed E-state index contributed by atoms with van der Waals surface area (Å²) in [6.07, 6.45) is -5.46. The molecule has 0 saturated heterocycles. The summed E-state index contributed by atoms with van der Waals surface area (Å²) in [6.45, 7) is 14.8. The fourth-order valence-electron chi connectivity index (χ4n) is 2.59. The van der Waals surface area contributed by atoms with E-state index in [-0.39, 0.29) is 11.6 Å². The maximum atomic E-state index is 13.0. The fourth-order valence-corrected chi connectivity index (χ4v) is 3.62. The molecule has 0 aliphatic heterocycles. The van der Waals surface area contributed by atoms with Gasteiger partial charge in [-0.25, -0.2) is 9.59 Å². The average molecular weight is 478 g/mol. The van der Waals surface area contributed by atoms with Crippen LogP contribution in [0.1, 0.15) is 58.6 Å². The summed E-state index contributed by atoms with van der Waals surface area (Å²) in [5, 5.41) is 12.0. The predicted molar refractivity (Wildman–Crippen MR) is 118 cm³/mol. The van der Waals surface area contributed by atoms with Gasteiger partial charge in [-0.05, 0) is 56.6 Å². The zero-order chi connectivity index (χ0) is 25.1. The van der Waals surface area contributed by atoms with Gasteiger partial charge in [0.1, 0.15) is 11.6 Å². The van der Waals surface area contributed by atoms with Gasteiger partial charge in [-0.15, -0.1) is 0 Å². The summed E-state index contributed by atoms with van der Waals surface area (Å²) >= 11 is 0. The van der Waals surface area contributed by atoms with Gasteiger partial charge in [0, 0.05) is 12.5 Å². The number of halogens is 3. The Morgan fingerprint density at radius 1 is 1.03 bits per heavy atom. The van der Waals surface area contributed by atoms with E-state index < -0.39 is 49.7 Å². The minimum Gasteiger partial charge on any atom is -0.480 e. The number of carboxylic acids is 1. The van der Waals surface area contributed by atoms with E-state index in [0.717, 1.165) is 12.1 Å². The first-order chi connectivity index (χ1) is 14.2. The second-order valence-corrected chi connectivity index (χ2v) is 15.1. The molecule has 0 heterocycles. The van der Waals surface area contributed by atoms with Crippen molar-refractivity contribution in [3.8, 4) is 0 Å². The van der Waals surface area contributed by atoms with Gasteiger partial charge in [0.05, 0.1) is 5.56 Å². The highest BCUT2D eigenvalue weighted by Crippen LogP contribution is 2.38. The number of nitrogens with one attached hydrogen (secondary N) is 1.